The summed E-state index contributed by atoms with van der Waals surface area (Å²) in [6, 6.07) is 8.42. The number of carbonyl (C=O) groups excluding carboxylic acids is 1. The number of fused-ring (bicyclic) bond motifs is 1. The molecule has 1 atom stereocenters. The smallest absolute Gasteiger partial charge is 0.332 e. The van der Waals surface area contributed by atoms with Gasteiger partial charge in [-0.2, -0.15) is 0 Å². The topological polar surface area (TPSA) is 82.1 Å². The molecule has 0 bridgehead atoms. The lowest BCUT2D eigenvalue weighted by atomic mass is 10.1. The van der Waals surface area contributed by atoms with Gasteiger partial charge >= 0.3 is 5.69 Å². The van der Waals surface area contributed by atoms with Crippen LogP contribution in [0, 0.1) is 0 Å². The Morgan fingerprint density at radius 1 is 1.08 bits per heavy atom. The molecular formula is C17H19N5O3. The highest BCUT2D eigenvalue weighted by molar-refractivity contribution is 5.85. The van der Waals surface area contributed by atoms with E-state index in [9.17, 15) is 14.4 Å². The Labute approximate surface area is 143 Å². The number of aromatic nitrogens is 4. The summed E-state index contributed by atoms with van der Waals surface area (Å²) in [7, 11) is 6.27. The monoisotopic (exact) mass is 341 g/mol. The average molecular weight is 341 g/mol. The molecule has 0 aliphatic heterocycles. The molecule has 2 aromatic heterocycles. The number of rotatable bonds is 3. The lowest BCUT2D eigenvalue weighted by molar-refractivity contribution is -0.130. The highest BCUT2D eigenvalue weighted by Gasteiger charge is 2.27. The number of imidazole rings is 1. The fourth-order valence-electron chi connectivity index (χ4n) is 2.86. The molecule has 3 rings (SSSR count). The van der Waals surface area contributed by atoms with Gasteiger partial charge in [0.05, 0.1) is 6.33 Å². The molecule has 8 heteroatoms. The Morgan fingerprint density at radius 2 is 1.72 bits per heavy atom. The van der Waals surface area contributed by atoms with Crippen molar-refractivity contribution in [3.63, 3.8) is 0 Å². The van der Waals surface area contributed by atoms with Gasteiger partial charge in [-0.3, -0.25) is 18.7 Å². The molecule has 2 heterocycles. The zero-order valence-electron chi connectivity index (χ0n) is 14.5. The van der Waals surface area contributed by atoms with Crippen LogP contribution in [0.2, 0.25) is 0 Å². The summed E-state index contributed by atoms with van der Waals surface area (Å²) < 4.78 is 3.85. The molecule has 0 radical (unpaired) electrons. The number of carbonyl (C=O) groups is 1. The van der Waals surface area contributed by atoms with Crippen LogP contribution in [-0.4, -0.2) is 43.6 Å². The first-order valence-corrected chi connectivity index (χ1v) is 7.73. The minimum Gasteiger partial charge on any atom is -0.347 e. The molecule has 0 unspecified atom stereocenters. The van der Waals surface area contributed by atoms with E-state index in [-0.39, 0.29) is 17.1 Å². The Kier molecular flexibility index (Phi) is 4.03. The molecule has 0 aliphatic rings. The van der Waals surface area contributed by atoms with Crippen LogP contribution in [0.3, 0.4) is 0 Å². The second kappa shape index (κ2) is 6.04. The van der Waals surface area contributed by atoms with Crippen molar-refractivity contribution in [1.29, 1.82) is 0 Å². The molecule has 0 fully saturated rings. The maximum atomic E-state index is 12.8. The van der Waals surface area contributed by atoms with Gasteiger partial charge in [-0.15, -0.1) is 0 Å². The average Bonchev–Trinajstić information content (AvgIpc) is 3.04. The number of nitrogens with zero attached hydrogens (tertiary/aromatic N) is 5. The zero-order valence-corrected chi connectivity index (χ0v) is 14.5. The lowest BCUT2D eigenvalue weighted by Crippen LogP contribution is -2.39. The zero-order chi connectivity index (χ0) is 18.3. The summed E-state index contributed by atoms with van der Waals surface area (Å²) in [6.45, 7) is 0. The standard InChI is InChI=1S/C17H19N5O3/c1-19(2)15(23)12(11-8-6-5-7-9-11)22-10-18-14-13(22)16(24)21(4)17(25)20(14)3/h5-10,12H,1-4H3/t12-/m1/s1. The fourth-order valence-corrected chi connectivity index (χ4v) is 2.86. The Hall–Kier alpha value is -3.16. The van der Waals surface area contributed by atoms with E-state index in [1.165, 1.54) is 27.4 Å². The van der Waals surface area contributed by atoms with Crippen LogP contribution in [0.5, 0.6) is 0 Å². The third-order valence-electron chi connectivity index (χ3n) is 4.24. The Morgan fingerprint density at radius 3 is 2.32 bits per heavy atom. The van der Waals surface area contributed by atoms with Gasteiger partial charge in [0.1, 0.15) is 6.04 Å². The van der Waals surface area contributed by atoms with Crippen LogP contribution in [0.1, 0.15) is 11.6 Å². The number of hydrogen-bond donors (Lipinski definition) is 0. The van der Waals surface area contributed by atoms with Crippen LogP contribution < -0.4 is 11.2 Å². The highest BCUT2D eigenvalue weighted by Crippen LogP contribution is 2.23. The van der Waals surface area contributed by atoms with E-state index in [2.05, 4.69) is 4.98 Å². The van der Waals surface area contributed by atoms with Crippen molar-refractivity contribution in [2.75, 3.05) is 14.1 Å². The molecule has 3 aromatic rings. The number of benzene rings is 1. The van der Waals surface area contributed by atoms with Crippen LogP contribution in [0.4, 0.5) is 0 Å². The van der Waals surface area contributed by atoms with Crippen molar-refractivity contribution in [2.24, 2.45) is 14.1 Å². The van der Waals surface area contributed by atoms with Gasteiger partial charge in [-0.1, -0.05) is 30.3 Å². The summed E-state index contributed by atoms with van der Waals surface area (Å²) >= 11 is 0. The second-order valence-electron chi connectivity index (χ2n) is 6.08. The van der Waals surface area contributed by atoms with E-state index < -0.39 is 17.3 Å². The summed E-state index contributed by atoms with van der Waals surface area (Å²) in [5, 5.41) is 0. The fraction of sp³-hybridized carbons (Fsp3) is 0.294. The first-order chi connectivity index (χ1) is 11.8. The maximum Gasteiger partial charge on any atom is 0.332 e. The van der Waals surface area contributed by atoms with Gasteiger partial charge in [0.2, 0.25) is 5.91 Å². The molecule has 0 saturated carbocycles. The van der Waals surface area contributed by atoms with Crippen LogP contribution in [0.15, 0.2) is 46.2 Å². The molecule has 0 saturated heterocycles. The van der Waals surface area contributed by atoms with Gasteiger partial charge in [0.15, 0.2) is 11.2 Å². The van der Waals surface area contributed by atoms with Crippen molar-refractivity contribution in [2.45, 2.75) is 6.04 Å². The highest BCUT2D eigenvalue weighted by atomic mass is 16.2. The summed E-state index contributed by atoms with van der Waals surface area (Å²) in [5.74, 6) is -0.193. The Bertz CT molecular complexity index is 1060. The summed E-state index contributed by atoms with van der Waals surface area (Å²) in [5.41, 5.74) is 0.256. The van der Waals surface area contributed by atoms with Crippen LogP contribution >= 0.6 is 0 Å². The molecule has 0 N–H and O–H groups in total. The van der Waals surface area contributed by atoms with Gasteiger partial charge in [-0.25, -0.2) is 9.78 Å². The van der Waals surface area contributed by atoms with Crippen LogP contribution in [0.25, 0.3) is 11.2 Å². The molecule has 8 nitrogen and oxygen atoms in total. The lowest BCUT2D eigenvalue weighted by Gasteiger charge is -2.22. The third-order valence-corrected chi connectivity index (χ3v) is 4.24. The van der Waals surface area contributed by atoms with Gasteiger partial charge in [0.25, 0.3) is 5.56 Å². The van der Waals surface area contributed by atoms with Crippen molar-refractivity contribution < 1.29 is 4.79 Å². The van der Waals surface area contributed by atoms with E-state index in [1.807, 2.05) is 30.3 Å². The van der Waals surface area contributed by atoms with Crippen molar-refractivity contribution >= 4 is 17.1 Å². The van der Waals surface area contributed by atoms with Gasteiger partial charge < -0.3 is 9.47 Å². The normalized spacial score (nSPS) is 12.3. The molecule has 25 heavy (non-hydrogen) atoms. The molecule has 1 aromatic carbocycles. The summed E-state index contributed by atoms with van der Waals surface area (Å²) in [4.78, 5) is 43.3. The Balaban J connectivity index is 2.37. The largest absolute Gasteiger partial charge is 0.347 e. The van der Waals surface area contributed by atoms with Crippen LogP contribution in [-0.2, 0) is 18.9 Å². The van der Waals surface area contributed by atoms with E-state index in [0.717, 1.165) is 10.1 Å². The molecule has 1 amide bonds. The van der Waals surface area contributed by atoms with Gasteiger partial charge in [0, 0.05) is 28.2 Å². The first kappa shape index (κ1) is 16.7. The van der Waals surface area contributed by atoms with E-state index in [1.54, 1.807) is 21.1 Å². The minimum atomic E-state index is -0.744. The molecular weight excluding hydrogens is 322 g/mol. The number of likely N-dealkylation sites (N-methyl/N-ethyl adjacent to an activating group) is 1. The summed E-state index contributed by atoms with van der Waals surface area (Å²) in [6.07, 6.45) is 1.44. The molecule has 0 spiro atoms. The van der Waals surface area contributed by atoms with Crippen molar-refractivity contribution in [3.05, 3.63) is 63.1 Å². The van der Waals surface area contributed by atoms with E-state index in [4.69, 9.17) is 0 Å². The minimum absolute atomic E-state index is 0.193. The predicted molar refractivity (Wildman–Crippen MR) is 93.5 cm³/mol. The van der Waals surface area contributed by atoms with E-state index >= 15 is 0 Å². The number of aryl methyl sites for hydroxylation is 1. The quantitative estimate of drug-likeness (QED) is 0.677. The second-order valence-corrected chi connectivity index (χ2v) is 6.08. The van der Waals surface area contributed by atoms with Crippen molar-refractivity contribution in [3.8, 4) is 0 Å². The molecule has 0 aliphatic carbocycles. The number of hydrogen-bond acceptors (Lipinski definition) is 4. The SMILES string of the molecule is CN(C)C(=O)[C@@H](c1ccccc1)n1cnc2c1c(=O)n(C)c(=O)n2C. The molecule has 130 valence electrons. The maximum absolute atomic E-state index is 12.8. The van der Waals surface area contributed by atoms with Gasteiger partial charge in [-0.05, 0) is 5.56 Å². The predicted octanol–water partition coefficient (Wildman–Crippen LogP) is 0.111. The first-order valence-electron chi connectivity index (χ1n) is 7.73. The van der Waals surface area contributed by atoms with Crippen molar-refractivity contribution in [1.82, 2.24) is 23.6 Å². The third kappa shape index (κ3) is 2.55. The van der Waals surface area contributed by atoms with E-state index in [0.29, 0.717) is 0 Å². The number of amides is 1.